The molecule has 0 fully saturated rings. The summed E-state index contributed by atoms with van der Waals surface area (Å²) >= 11 is 3.88. The minimum Gasteiger partial charge on any atom is -0.314 e. The van der Waals surface area contributed by atoms with Crippen LogP contribution in [0.15, 0.2) is 51.0 Å². The molecule has 1 aliphatic rings. The number of benzene rings is 1. The van der Waals surface area contributed by atoms with Crippen molar-refractivity contribution in [2.75, 3.05) is 18.2 Å². The van der Waals surface area contributed by atoms with Gasteiger partial charge in [-0.3, -0.25) is 4.79 Å². The van der Waals surface area contributed by atoms with Gasteiger partial charge in [0.15, 0.2) is 0 Å². The van der Waals surface area contributed by atoms with Gasteiger partial charge in [-0.1, -0.05) is 30.4 Å². The molecule has 0 N–H and O–H groups in total. The lowest BCUT2D eigenvalue weighted by molar-refractivity contribution is -0.119. The molecular weight excluding hydrogens is 357 g/mol. The van der Waals surface area contributed by atoms with Crippen LogP contribution in [0.2, 0.25) is 0 Å². The van der Waals surface area contributed by atoms with Crippen molar-refractivity contribution in [3.05, 3.63) is 46.1 Å². The largest absolute Gasteiger partial charge is 0.314 e. The highest BCUT2D eigenvalue weighted by molar-refractivity contribution is 14.1. The van der Waals surface area contributed by atoms with E-state index in [0.717, 1.165) is 14.2 Å². The maximum atomic E-state index is 12.4. The summed E-state index contributed by atoms with van der Waals surface area (Å²) < 4.78 is 1.08. The normalized spacial score (nSPS) is 17.7. The van der Waals surface area contributed by atoms with E-state index in [1.165, 1.54) is 0 Å². The van der Waals surface area contributed by atoms with Crippen LogP contribution in [0.3, 0.4) is 0 Å². The summed E-state index contributed by atoms with van der Waals surface area (Å²) in [5.41, 5.74) is 0.972. The molecule has 0 saturated carbocycles. The van der Waals surface area contributed by atoms with Crippen molar-refractivity contribution in [2.45, 2.75) is 4.90 Å². The maximum absolute atomic E-state index is 12.4. The number of hydrogen-bond donors (Lipinski definition) is 0. The first-order valence-corrected chi connectivity index (χ1v) is 7.90. The van der Waals surface area contributed by atoms with E-state index in [2.05, 4.69) is 22.6 Å². The standard InChI is InChI=1S/C14H14INOS/c1-16(12-8-3-4-9-13(12)18-2)14(17)10-6-5-7-11(10)15/h3-10H,1-2H3. The van der Waals surface area contributed by atoms with Crippen LogP contribution in [0.4, 0.5) is 5.69 Å². The molecule has 1 unspecified atom stereocenters. The predicted octanol–water partition coefficient (Wildman–Crippen LogP) is 3.88. The van der Waals surface area contributed by atoms with Crippen LogP contribution in [0.1, 0.15) is 0 Å². The number of carbonyl (C=O) groups excluding carboxylic acids is 1. The number of para-hydroxylation sites is 1. The quantitative estimate of drug-likeness (QED) is 0.594. The van der Waals surface area contributed by atoms with E-state index in [1.54, 1.807) is 16.7 Å². The van der Waals surface area contributed by atoms with Gasteiger partial charge in [-0.15, -0.1) is 11.8 Å². The third-order valence-electron chi connectivity index (χ3n) is 2.90. The van der Waals surface area contributed by atoms with Crippen LogP contribution >= 0.6 is 34.4 Å². The molecule has 2 rings (SSSR count). The Morgan fingerprint density at radius 2 is 2.11 bits per heavy atom. The third kappa shape index (κ3) is 2.64. The monoisotopic (exact) mass is 371 g/mol. The zero-order valence-electron chi connectivity index (χ0n) is 10.3. The average Bonchev–Trinajstić information content (AvgIpc) is 2.83. The van der Waals surface area contributed by atoms with Gasteiger partial charge in [-0.25, -0.2) is 0 Å². The molecule has 0 aliphatic heterocycles. The third-order valence-corrected chi connectivity index (χ3v) is 4.71. The number of halogens is 1. The number of anilines is 1. The number of hydrogen-bond acceptors (Lipinski definition) is 2. The number of amides is 1. The number of allylic oxidation sites excluding steroid dienone is 2. The van der Waals surface area contributed by atoms with Gasteiger partial charge < -0.3 is 4.90 Å². The lowest BCUT2D eigenvalue weighted by Crippen LogP contribution is -2.32. The predicted molar refractivity (Wildman–Crippen MR) is 86.4 cm³/mol. The molecule has 1 amide bonds. The summed E-state index contributed by atoms with van der Waals surface area (Å²) in [6.07, 6.45) is 7.90. The molecule has 4 heteroatoms. The molecular formula is C14H14INOS. The van der Waals surface area contributed by atoms with Gasteiger partial charge in [0.25, 0.3) is 0 Å². The van der Waals surface area contributed by atoms with Gasteiger partial charge in [-0.05, 0) is 41.0 Å². The van der Waals surface area contributed by atoms with Gasteiger partial charge in [0.05, 0.1) is 11.6 Å². The Hall–Kier alpha value is -0.750. The summed E-state index contributed by atoms with van der Waals surface area (Å²) in [7, 11) is 1.84. The highest BCUT2D eigenvalue weighted by Crippen LogP contribution is 2.32. The summed E-state index contributed by atoms with van der Waals surface area (Å²) in [5.74, 6) is -0.00332. The van der Waals surface area contributed by atoms with Crippen LogP contribution in [0.25, 0.3) is 0 Å². The molecule has 2 nitrogen and oxygen atoms in total. The minimum atomic E-state index is -0.120. The van der Waals surface area contributed by atoms with Crippen LogP contribution < -0.4 is 4.90 Å². The van der Waals surface area contributed by atoms with Crippen LogP contribution in [-0.2, 0) is 4.79 Å². The van der Waals surface area contributed by atoms with Crippen molar-refractivity contribution in [1.82, 2.24) is 0 Å². The Morgan fingerprint density at radius 1 is 1.39 bits per heavy atom. The fraction of sp³-hybridized carbons (Fsp3) is 0.214. The Kier molecular flexibility index (Phi) is 4.50. The van der Waals surface area contributed by atoms with E-state index >= 15 is 0 Å². The number of thioether (sulfide) groups is 1. The number of rotatable bonds is 3. The lowest BCUT2D eigenvalue weighted by Gasteiger charge is -2.22. The molecule has 1 aliphatic carbocycles. The zero-order valence-corrected chi connectivity index (χ0v) is 13.2. The van der Waals surface area contributed by atoms with Gasteiger partial charge in [0.1, 0.15) is 0 Å². The number of nitrogens with zero attached hydrogens (tertiary/aromatic N) is 1. The summed E-state index contributed by atoms with van der Waals surface area (Å²) in [6.45, 7) is 0. The summed E-state index contributed by atoms with van der Waals surface area (Å²) in [5, 5.41) is 0. The van der Waals surface area contributed by atoms with E-state index in [-0.39, 0.29) is 11.8 Å². The second-order valence-electron chi connectivity index (χ2n) is 3.98. The molecule has 18 heavy (non-hydrogen) atoms. The van der Waals surface area contributed by atoms with Crippen molar-refractivity contribution >= 4 is 45.9 Å². The van der Waals surface area contributed by atoms with E-state index in [0.29, 0.717) is 0 Å². The molecule has 0 saturated heterocycles. The molecule has 0 aromatic heterocycles. The topological polar surface area (TPSA) is 20.3 Å². The molecule has 1 aromatic rings. The van der Waals surface area contributed by atoms with Crippen molar-refractivity contribution in [1.29, 1.82) is 0 Å². The first kappa shape index (κ1) is 13.7. The van der Waals surface area contributed by atoms with Crippen molar-refractivity contribution in [3.63, 3.8) is 0 Å². The SMILES string of the molecule is CSc1ccccc1N(C)C(=O)C1C=CC=C1I. The highest BCUT2D eigenvalue weighted by atomic mass is 127. The van der Waals surface area contributed by atoms with E-state index in [9.17, 15) is 4.79 Å². The van der Waals surface area contributed by atoms with Crippen molar-refractivity contribution in [3.8, 4) is 0 Å². The minimum absolute atomic E-state index is 0.117. The highest BCUT2D eigenvalue weighted by Gasteiger charge is 2.25. The summed E-state index contributed by atoms with van der Waals surface area (Å²) in [6, 6.07) is 7.98. The Bertz CT molecular complexity index is 524. The molecule has 1 atom stereocenters. The first-order chi connectivity index (χ1) is 8.65. The molecule has 0 radical (unpaired) electrons. The molecule has 94 valence electrons. The van der Waals surface area contributed by atoms with Gasteiger partial charge >= 0.3 is 0 Å². The van der Waals surface area contributed by atoms with Crippen LogP contribution in [-0.4, -0.2) is 19.2 Å². The molecule has 0 spiro atoms. The molecule has 0 heterocycles. The van der Waals surface area contributed by atoms with E-state index in [1.807, 2.05) is 55.8 Å². The Labute approximate surface area is 125 Å². The van der Waals surface area contributed by atoms with Gasteiger partial charge in [0, 0.05) is 15.5 Å². The number of carbonyl (C=O) groups is 1. The Morgan fingerprint density at radius 3 is 2.72 bits per heavy atom. The fourth-order valence-corrected chi connectivity index (χ4v) is 3.20. The van der Waals surface area contributed by atoms with Crippen LogP contribution in [0, 0.1) is 5.92 Å². The van der Waals surface area contributed by atoms with Crippen molar-refractivity contribution < 1.29 is 4.79 Å². The van der Waals surface area contributed by atoms with Crippen LogP contribution in [0.5, 0.6) is 0 Å². The second-order valence-corrected chi connectivity index (χ2v) is 6.08. The molecule has 0 bridgehead atoms. The summed E-state index contributed by atoms with van der Waals surface area (Å²) in [4.78, 5) is 15.3. The van der Waals surface area contributed by atoms with Gasteiger partial charge in [0.2, 0.25) is 5.91 Å². The van der Waals surface area contributed by atoms with E-state index in [4.69, 9.17) is 0 Å². The van der Waals surface area contributed by atoms with Gasteiger partial charge in [-0.2, -0.15) is 0 Å². The maximum Gasteiger partial charge on any atom is 0.238 e. The first-order valence-electron chi connectivity index (χ1n) is 5.59. The smallest absolute Gasteiger partial charge is 0.238 e. The van der Waals surface area contributed by atoms with Crippen molar-refractivity contribution in [2.24, 2.45) is 5.92 Å². The van der Waals surface area contributed by atoms with E-state index < -0.39 is 0 Å². The average molecular weight is 371 g/mol. The second kappa shape index (κ2) is 5.93. The zero-order chi connectivity index (χ0) is 13.1. The Balaban J connectivity index is 2.26. The fourth-order valence-electron chi connectivity index (χ4n) is 1.89. The lowest BCUT2D eigenvalue weighted by atomic mass is 10.1. The molecule has 1 aromatic carbocycles.